The molecule has 0 aromatic rings. The number of carboxylic acid groups (broad SMARTS) is 1. The van der Waals surface area contributed by atoms with Gasteiger partial charge in [-0.1, -0.05) is 34.6 Å². The quantitative estimate of drug-likeness (QED) is 0.342. The highest BCUT2D eigenvalue weighted by Gasteiger charge is 2.84. The number of ether oxygens (including phenoxy) is 3. The first-order chi connectivity index (χ1) is 23.1. The zero-order chi connectivity index (χ0) is 34.9. The first kappa shape index (κ1) is 34.8. The third-order valence-electron chi connectivity index (χ3n) is 17.2. The van der Waals surface area contributed by atoms with Crippen molar-refractivity contribution in [1.82, 2.24) is 9.80 Å². The van der Waals surface area contributed by atoms with Crippen LogP contribution in [-0.4, -0.2) is 102 Å². The van der Waals surface area contributed by atoms with Gasteiger partial charge < -0.3 is 29.3 Å². The molecule has 2 heterocycles. The van der Waals surface area contributed by atoms with Crippen molar-refractivity contribution in [2.75, 3.05) is 33.3 Å². The minimum atomic E-state index is -0.816. The highest BCUT2D eigenvalue weighted by atomic mass is 16.7. The third kappa shape index (κ3) is 4.93. The lowest BCUT2D eigenvalue weighted by Gasteiger charge is -2.64. The van der Waals surface area contributed by atoms with Crippen molar-refractivity contribution in [3.8, 4) is 0 Å². The normalized spacial score (nSPS) is 50.4. The maximum absolute atomic E-state index is 12.9. The van der Waals surface area contributed by atoms with Crippen molar-refractivity contribution in [1.29, 1.82) is 0 Å². The zero-order valence-corrected chi connectivity index (χ0v) is 31.3. The summed E-state index contributed by atoms with van der Waals surface area (Å²) in [6.45, 7) is 16.3. The molecule has 276 valence electrons. The lowest BCUT2D eigenvalue weighted by atomic mass is 9.41. The number of aliphatic hydroxyl groups is 1. The van der Waals surface area contributed by atoms with E-state index >= 15 is 0 Å². The fourth-order valence-electron chi connectivity index (χ4n) is 14.2. The van der Waals surface area contributed by atoms with Gasteiger partial charge >= 0.3 is 5.97 Å². The van der Waals surface area contributed by atoms with Crippen LogP contribution in [0.25, 0.3) is 0 Å². The van der Waals surface area contributed by atoms with Crippen molar-refractivity contribution in [3.63, 3.8) is 0 Å². The minimum absolute atomic E-state index is 0.00424. The lowest BCUT2D eigenvalue weighted by molar-refractivity contribution is -0.248. The Labute approximate surface area is 294 Å². The Balaban J connectivity index is 0.985. The second-order valence-electron chi connectivity index (χ2n) is 19.5. The van der Waals surface area contributed by atoms with E-state index in [1.54, 1.807) is 6.92 Å². The van der Waals surface area contributed by atoms with Gasteiger partial charge in [-0.3, -0.25) is 14.5 Å². The van der Waals surface area contributed by atoms with E-state index in [0.717, 1.165) is 25.7 Å². The number of hydrogen-bond donors (Lipinski definition) is 2. The summed E-state index contributed by atoms with van der Waals surface area (Å²) < 4.78 is 19.9. The number of nitrogens with zero attached hydrogens (tertiary/aromatic N) is 2. The van der Waals surface area contributed by atoms with Gasteiger partial charge in [-0.2, -0.15) is 0 Å². The Hall–Kier alpha value is -1.26. The highest BCUT2D eigenvalue weighted by molar-refractivity contribution is 5.76. The van der Waals surface area contributed by atoms with Crippen molar-refractivity contribution in [2.24, 2.45) is 56.7 Å². The monoisotopic (exact) mass is 684 g/mol. The molecule has 0 bridgehead atoms. The summed E-state index contributed by atoms with van der Waals surface area (Å²) in [5.41, 5.74) is 0.368. The molecule has 0 aromatic heterocycles. The van der Waals surface area contributed by atoms with Gasteiger partial charge in [0.05, 0.1) is 37.6 Å². The topological polar surface area (TPSA) is 109 Å². The van der Waals surface area contributed by atoms with E-state index < -0.39 is 18.1 Å². The number of aliphatic carboxylic acids is 1. The van der Waals surface area contributed by atoms with Crippen LogP contribution in [0.4, 0.5) is 0 Å². The van der Waals surface area contributed by atoms with Crippen LogP contribution in [0.5, 0.6) is 0 Å². The predicted octanol–water partition coefficient (Wildman–Crippen LogP) is 5.57. The standard InChI is InChI=1S/C40H64N2O7/c1-23-18-26(20-41(7)24(2)35(45)46)48-33-32(23)37(5)14-15-40-22-39(40)13-12-29(36(3,4)27(39)10-11-28(40)38(37,6)34(33)44)49-31-21-42(16-17-47-31)30(43)19-25-8-9-25/h23-29,31-34,44H,8-22H2,1-7H3,(H,45,46)/t23-,24+,26?,27+,28?,29?,31+,32+,33?,34+,37-,38-,39-,40+/m1/s1. The fourth-order valence-corrected chi connectivity index (χ4v) is 14.2. The molecule has 2 N–H and O–H groups in total. The first-order valence-electron chi connectivity index (χ1n) is 19.9. The lowest BCUT2D eigenvalue weighted by Crippen LogP contribution is -2.60. The number of morpholine rings is 1. The molecule has 6 aliphatic carbocycles. The molecule has 6 saturated carbocycles. The summed E-state index contributed by atoms with van der Waals surface area (Å²) in [5.74, 6) is 1.80. The van der Waals surface area contributed by atoms with Crippen molar-refractivity contribution in [2.45, 2.75) is 149 Å². The van der Waals surface area contributed by atoms with E-state index in [1.807, 2.05) is 16.8 Å². The number of amides is 1. The van der Waals surface area contributed by atoms with Crippen LogP contribution in [-0.2, 0) is 23.8 Å². The third-order valence-corrected chi connectivity index (χ3v) is 17.2. The van der Waals surface area contributed by atoms with Crippen LogP contribution >= 0.6 is 0 Å². The van der Waals surface area contributed by atoms with Gasteiger partial charge in [0.15, 0.2) is 6.29 Å². The predicted molar refractivity (Wildman–Crippen MR) is 184 cm³/mol. The molecule has 2 saturated heterocycles. The Bertz CT molecular complexity index is 1340. The number of hydrogen-bond acceptors (Lipinski definition) is 7. The van der Waals surface area contributed by atoms with Gasteiger partial charge in [-0.05, 0) is 129 Å². The van der Waals surface area contributed by atoms with Crippen LogP contribution < -0.4 is 0 Å². The van der Waals surface area contributed by atoms with E-state index in [2.05, 4.69) is 34.6 Å². The van der Waals surface area contributed by atoms with Crippen molar-refractivity contribution >= 4 is 11.9 Å². The smallest absolute Gasteiger partial charge is 0.320 e. The van der Waals surface area contributed by atoms with E-state index in [1.165, 1.54) is 38.5 Å². The highest BCUT2D eigenvalue weighted by Crippen LogP contribution is 2.89. The van der Waals surface area contributed by atoms with Crippen molar-refractivity contribution in [3.05, 3.63) is 0 Å². The van der Waals surface area contributed by atoms with E-state index in [-0.39, 0.29) is 52.2 Å². The molecule has 8 aliphatic rings. The van der Waals surface area contributed by atoms with Gasteiger partial charge in [0.25, 0.3) is 0 Å². The molecule has 2 aliphatic heterocycles. The van der Waals surface area contributed by atoms with Gasteiger partial charge in [-0.25, -0.2) is 0 Å². The second kappa shape index (κ2) is 11.6. The van der Waals surface area contributed by atoms with Gasteiger partial charge in [0.2, 0.25) is 5.91 Å². The van der Waals surface area contributed by atoms with Crippen molar-refractivity contribution < 1.29 is 34.0 Å². The summed E-state index contributed by atoms with van der Waals surface area (Å²) in [6, 6.07) is -0.570. The summed E-state index contributed by atoms with van der Waals surface area (Å²) in [4.78, 5) is 28.4. The van der Waals surface area contributed by atoms with Crippen LogP contribution in [0.2, 0.25) is 0 Å². The SMILES string of the molecule is C[C@@H]1CC(CN(C)[C@@H](C)C(=O)O)OC2[C@H]1[C@@]1(C)CC[C@@]34C[C@@]35CCC(O[C@H]3CN(C(=O)CC6CC6)CCO3)C(C)(C)[C@@H]5CCC4[C@]1(C)[C@H]2O. The molecule has 8 fully saturated rings. The van der Waals surface area contributed by atoms with E-state index in [0.29, 0.717) is 67.7 Å². The molecular formula is C40H64N2O7. The second-order valence-corrected chi connectivity index (χ2v) is 19.5. The number of carbonyl (C=O) groups is 2. The zero-order valence-electron chi connectivity index (χ0n) is 31.3. The fraction of sp³-hybridized carbons (Fsp3) is 0.950. The molecule has 49 heavy (non-hydrogen) atoms. The molecule has 8 rings (SSSR count). The minimum Gasteiger partial charge on any atom is -0.480 e. The summed E-state index contributed by atoms with van der Waals surface area (Å²) in [5, 5.41) is 22.1. The van der Waals surface area contributed by atoms with Crippen LogP contribution in [0.1, 0.15) is 112 Å². The Kier molecular flexibility index (Phi) is 8.25. The maximum atomic E-state index is 12.9. The summed E-state index contributed by atoms with van der Waals surface area (Å²) in [7, 11) is 1.87. The number of rotatable bonds is 8. The number of aliphatic hydroxyl groups excluding tert-OH is 1. The Morgan fingerprint density at radius 3 is 2.45 bits per heavy atom. The molecule has 1 amide bonds. The number of fused-ring (bicyclic) bond motifs is 4. The maximum Gasteiger partial charge on any atom is 0.320 e. The molecule has 14 atom stereocenters. The van der Waals surface area contributed by atoms with Crippen LogP contribution in [0.15, 0.2) is 0 Å². The number of likely N-dealkylation sites (N-methyl/N-ethyl adjacent to an activating group) is 1. The van der Waals surface area contributed by atoms with Gasteiger partial charge in [0.1, 0.15) is 6.04 Å². The van der Waals surface area contributed by atoms with Gasteiger partial charge in [-0.15, -0.1) is 0 Å². The first-order valence-corrected chi connectivity index (χ1v) is 19.9. The van der Waals surface area contributed by atoms with Crippen LogP contribution in [0, 0.1) is 56.7 Å². The molecule has 9 heteroatoms. The summed E-state index contributed by atoms with van der Waals surface area (Å²) >= 11 is 0. The molecular weight excluding hydrogens is 620 g/mol. The number of carboxylic acids is 1. The van der Waals surface area contributed by atoms with E-state index in [4.69, 9.17) is 14.2 Å². The van der Waals surface area contributed by atoms with E-state index in [9.17, 15) is 19.8 Å². The molecule has 9 nitrogen and oxygen atoms in total. The summed E-state index contributed by atoms with van der Waals surface area (Å²) in [6.07, 6.45) is 11.1. The Morgan fingerprint density at radius 2 is 1.73 bits per heavy atom. The molecule has 2 spiro atoms. The molecule has 0 aromatic carbocycles. The number of carbonyl (C=O) groups excluding carboxylic acids is 1. The molecule has 0 radical (unpaired) electrons. The average molecular weight is 685 g/mol. The average Bonchev–Trinajstić information content (AvgIpc) is 3.97. The van der Waals surface area contributed by atoms with Gasteiger partial charge in [0, 0.05) is 24.9 Å². The van der Waals surface area contributed by atoms with Crippen LogP contribution in [0.3, 0.4) is 0 Å². The Morgan fingerprint density at radius 1 is 1.02 bits per heavy atom. The largest absolute Gasteiger partial charge is 0.480 e. The molecule has 4 unspecified atom stereocenters.